The summed E-state index contributed by atoms with van der Waals surface area (Å²) in [6, 6.07) is 5.71. The summed E-state index contributed by atoms with van der Waals surface area (Å²) >= 11 is 0. The fraction of sp³-hybridized carbons (Fsp3) is 0.333. The second kappa shape index (κ2) is 3.95. The van der Waals surface area contributed by atoms with Crippen LogP contribution in [-0.4, -0.2) is 15.5 Å². The van der Waals surface area contributed by atoms with E-state index in [0.717, 1.165) is 23.9 Å². The number of aromatic nitrogens is 1. The molecule has 0 aliphatic carbocycles. The molecule has 2 rings (SSSR count). The van der Waals surface area contributed by atoms with Crippen molar-refractivity contribution in [2.45, 2.75) is 25.8 Å². The van der Waals surface area contributed by atoms with Crippen molar-refractivity contribution in [2.75, 3.05) is 0 Å². The van der Waals surface area contributed by atoms with E-state index < -0.39 is 0 Å². The quantitative estimate of drug-likeness (QED) is 0.802. The van der Waals surface area contributed by atoms with Gasteiger partial charge in [0, 0.05) is 18.4 Å². The molecule has 0 aromatic carbocycles. The molecule has 15 heavy (non-hydrogen) atoms. The maximum absolute atomic E-state index is 9.76. The molecule has 2 heterocycles. The number of rotatable bonds is 3. The Balaban J connectivity index is 2.43. The zero-order valence-corrected chi connectivity index (χ0v) is 8.85. The highest BCUT2D eigenvalue weighted by Gasteiger charge is 2.09. The van der Waals surface area contributed by atoms with Gasteiger partial charge in [-0.2, -0.15) is 0 Å². The third-order valence-electron chi connectivity index (χ3n) is 2.75. The highest BCUT2D eigenvalue weighted by atomic mass is 16.3. The largest absolute Gasteiger partial charge is 0.506 e. The first-order chi connectivity index (χ1) is 7.22. The van der Waals surface area contributed by atoms with Gasteiger partial charge in [0.2, 0.25) is 0 Å². The molecular weight excluding hydrogens is 188 g/mol. The first kappa shape index (κ1) is 10.1. The smallest absolute Gasteiger partial charge is 0.139 e. The number of fused-ring (bicyclic) bond motifs is 1. The highest BCUT2D eigenvalue weighted by Crippen LogP contribution is 2.23. The minimum absolute atomic E-state index is 0.163. The molecule has 3 nitrogen and oxygen atoms in total. The number of pyridine rings is 1. The normalized spacial score (nSPS) is 13.2. The lowest BCUT2D eigenvalue weighted by molar-refractivity contribution is 0.478. The van der Waals surface area contributed by atoms with E-state index in [9.17, 15) is 5.11 Å². The molecule has 0 fully saturated rings. The maximum Gasteiger partial charge on any atom is 0.139 e. The van der Waals surface area contributed by atoms with Crippen molar-refractivity contribution in [2.24, 2.45) is 5.73 Å². The van der Waals surface area contributed by atoms with Gasteiger partial charge in [-0.1, -0.05) is 6.92 Å². The summed E-state index contributed by atoms with van der Waals surface area (Å²) < 4.78 is 1.92. The van der Waals surface area contributed by atoms with Crippen LogP contribution in [0.4, 0.5) is 0 Å². The molecule has 0 saturated carbocycles. The Morgan fingerprint density at radius 2 is 2.20 bits per heavy atom. The number of aromatic hydroxyl groups is 1. The van der Waals surface area contributed by atoms with Crippen LogP contribution in [0.15, 0.2) is 30.6 Å². The molecule has 3 heteroatoms. The van der Waals surface area contributed by atoms with E-state index in [1.807, 2.05) is 28.9 Å². The number of hydrogen-bond acceptors (Lipinski definition) is 2. The standard InChI is InChI=1S/C12H16N2O/c1-2-10(13)8-9-5-7-14-6-3-4-11(15)12(9)14/h3-7,10,15H,2,8,13H2,1H3. The van der Waals surface area contributed by atoms with Crippen molar-refractivity contribution in [3.63, 3.8) is 0 Å². The Kier molecular flexibility index (Phi) is 2.64. The molecule has 3 N–H and O–H groups in total. The average molecular weight is 204 g/mol. The Bertz CT molecular complexity index is 462. The van der Waals surface area contributed by atoms with Crippen LogP contribution in [0.3, 0.4) is 0 Å². The van der Waals surface area contributed by atoms with Crippen LogP contribution < -0.4 is 5.73 Å². The van der Waals surface area contributed by atoms with Crippen LogP contribution in [0.5, 0.6) is 5.75 Å². The van der Waals surface area contributed by atoms with Crippen molar-refractivity contribution < 1.29 is 5.11 Å². The van der Waals surface area contributed by atoms with E-state index in [4.69, 9.17) is 5.73 Å². The van der Waals surface area contributed by atoms with Crippen LogP contribution in [-0.2, 0) is 6.42 Å². The van der Waals surface area contributed by atoms with Crippen LogP contribution >= 0.6 is 0 Å². The van der Waals surface area contributed by atoms with Crippen LogP contribution in [0.25, 0.3) is 5.52 Å². The number of nitrogens with zero attached hydrogens (tertiary/aromatic N) is 1. The maximum atomic E-state index is 9.76. The molecular formula is C12H16N2O. The van der Waals surface area contributed by atoms with Gasteiger partial charge in [-0.25, -0.2) is 0 Å². The molecule has 0 bridgehead atoms. The van der Waals surface area contributed by atoms with Crippen LogP contribution in [0.1, 0.15) is 18.9 Å². The van der Waals surface area contributed by atoms with Gasteiger partial charge >= 0.3 is 0 Å². The summed E-state index contributed by atoms with van der Waals surface area (Å²) in [4.78, 5) is 0. The fourth-order valence-corrected chi connectivity index (χ4v) is 1.81. The first-order valence-electron chi connectivity index (χ1n) is 5.25. The van der Waals surface area contributed by atoms with Gasteiger partial charge in [0.05, 0.1) is 5.52 Å². The third-order valence-corrected chi connectivity index (χ3v) is 2.75. The molecule has 0 amide bonds. The summed E-state index contributed by atoms with van der Waals surface area (Å²) in [6.07, 6.45) is 5.64. The van der Waals surface area contributed by atoms with Crippen molar-refractivity contribution >= 4 is 5.52 Å². The van der Waals surface area contributed by atoms with E-state index in [2.05, 4.69) is 6.92 Å². The molecule has 1 atom stereocenters. The molecule has 0 spiro atoms. The summed E-state index contributed by atoms with van der Waals surface area (Å²) in [5.74, 6) is 0.320. The van der Waals surface area contributed by atoms with Gasteiger partial charge < -0.3 is 15.2 Å². The van der Waals surface area contributed by atoms with E-state index in [0.29, 0.717) is 5.75 Å². The molecule has 0 saturated heterocycles. The fourth-order valence-electron chi connectivity index (χ4n) is 1.81. The molecule has 0 aliphatic heterocycles. The SMILES string of the molecule is CCC(N)Cc1ccn2cccc(O)c12. The summed E-state index contributed by atoms with van der Waals surface area (Å²) in [5, 5.41) is 9.76. The van der Waals surface area contributed by atoms with Gasteiger partial charge in [-0.15, -0.1) is 0 Å². The summed E-state index contributed by atoms with van der Waals surface area (Å²) in [5.41, 5.74) is 7.90. The monoisotopic (exact) mass is 204 g/mol. The highest BCUT2D eigenvalue weighted by molar-refractivity contribution is 5.65. The van der Waals surface area contributed by atoms with E-state index in [1.54, 1.807) is 6.07 Å². The van der Waals surface area contributed by atoms with Gasteiger partial charge in [0.1, 0.15) is 5.75 Å². The lowest BCUT2D eigenvalue weighted by Crippen LogP contribution is -2.21. The Morgan fingerprint density at radius 1 is 1.40 bits per heavy atom. The van der Waals surface area contributed by atoms with Crippen molar-refractivity contribution in [1.29, 1.82) is 0 Å². The number of nitrogens with two attached hydrogens (primary N) is 1. The van der Waals surface area contributed by atoms with Crippen molar-refractivity contribution in [1.82, 2.24) is 4.40 Å². The Morgan fingerprint density at radius 3 is 2.93 bits per heavy atom. The van der Waals surface area contributed by atoms with Gasteiger partial charge in [-0.3, -0.25) is 0 Å². The Labute approximate surface area is 89.1 Å². The number of hydrogen-bond donors (Lipinski definition) is 2. The lowest BCUT2D eigenvalue weighted by Gasteiger charge is -2.08. The molecule has 2 aromatic heterocycles. The third kappa shape index (κ3) is 1.83. The predicted molar refractivity (Wildman–Crippen MR) is 61.0 cm³/mol. The summed E-state index contributed by atoms with van der Waals surface area (Å²) in [6.45, 7) is 2.07. The van der Waals surface area contributed by atoms with Gasteiger partial charge in [-0.05, 0) is 36.6 Å². The minimum Gasteiger partial charge on any atom is -0.506 e. The summed E-state index contributed by atoms with van der Waals surface area (Å²) in [7, 11) is 0. The first-order valence-corrected chi connectivity index (χ1v) is 5.25. The second-order valence-corrected chi connectivity index (χ2v) is 3.86. The van der Waals surface area contributed by atoms with Crippen LogP contribution in [0.2, 0.25) is 0 Å². The molecule has 0 radical (unpaired) electrons. The molecule has 0 aliphatic rings. The van der Waals surface area contributed by atoms with Crippen molar-refractivity contribution in [3.05, 3.63) is 36.2 Å². The second-order valence-electron chi connectivity index (χ2n) is 3.86. The van der Waals surface area contributed by atoms with E-state index in [1.165, 1.54) is 0 Å². The lowest BCUT2D eigenvalue weighted by atomic mass is 10.1. The Hall–Kier alpha value is -1.48. The molecule has 80 valence electrons. The van der Waals surface area contributed by atoms with Crippen LogP contribution in [0, 0.1) is 0 Å². The van der Waals surface area contributed by atoms with E-state index in [-0.39, 0.29) is 6.04 Å². The zero-order valence-electron chi connectivity index (χ0n) is 8.85. The molecule has 1 unspecified atom stereocenters. The van der Waals surface area contributed by atoms with Crippen molar-refractivity contribution in [3.8, 4) is 5.75 Å². The van der Waals surface area contributed by atoms with E-state index >= 15 is 0 Å². The average Bonchev–Trinajstić information content (AvgIpc) is 2.63. The minimum atomic E-state index is 0.163. The zero-order chi connectivity index (χ0) is 10.8. The van der Waals surface area contributed by atoms with Gasteiger partial charge in [0.25, 0.3) is 0 Å². The predicted octanol–water partition coefficient (Wildman–Crippen LogP) is 1.92. The topological polar surface area (TPSA) is 50.7 Å². The van der Waals surface area contributed by atoms with Gasteiger partial charge in [0.15, 0.2) is 0 Å². The molecule has 2 aromatic rings.